The monoisotopic (exact) mass is 616 g/mol. The van der Waals surface area contributed by atoms with Gasteiger partial charge < -0.3 is 18.9 Å². The van der Waals surface area contributed by atoms with E-state index in [1.54, 1.807) is 22.9 Å². The van der Waals surface area contributed by atoms with Crippen LogP contribution in [0.1, 0.15) is 68.4 Å². The SMILES string of the molecule is CC(C)c1ccc(-c2ccc(Oc3cc4nc(C5CCN(C6CCOCC6)CC5)ncc4cc3Cn3ccccc3=O)cc2)nn1. The molecule has 5 aromatic rings. The van der Waals surface area contributed by atoms with E-state index in [4.69, 9.17) is 19.4 Å². The van der Waals surface area contributed by atoms with Crippen LogP contribution in [-0.4, -0.2) is 62.0 Å². The molecule has 0 spiro atoms. The third-order valence-electron chi connectivity index (χ3n) is 9.28. The van der Waals surface area contributed by atoms with Crippen molar-refractivity contribution in [1.82, 2.24) is 29.6 Å². The minimum absolute atomic E-state index is 0.0683. The van der Waals surface area contributed by atoms with E-state index < -0.39 is 0 Å². The largest absolute Gasteiger partial charge is 0.457 e. The molecule has 2 aromatic carbocycles. The number of hydrogen-bond donors (Lipinski definition) is 0. The molecule has 0 N–H and O–H groups in total. The Morgan fingerprint density at radius 3 is 2.46 bits per heavy atom. The fourth-order valence-corrected chi connectivity index (χ4v) is 6.51. The molecule has 0 atom stereocenters. The van der Waals surface area contributed by atoms with Crippen LogP contribution in [0.2, 0.25) is 0 Å². The third-order valence-corrected chi connectivity index (χ3v) is 9.28. The molecule has 236 valence electrons. The average Bonchev–Trinajstić information content (AvgIpc) is 3.10. The van der Waals surface area contributed by atoms with Gasteiger partial charge >= 0.3 is 0 Å². The first kappa shape index (κ1) is 30.2. The molecule has 0 saturated carbocycles. The Balaban J connectivity index is 1.15. The Bertz CT molecular complexity index is 1840. The van der Waals surface area contributed by atoms with E-state index in [1.807, 2.05) is 60.8 Å². The zero-order chi connectivity index (χ0) is 31.5. The molecule has 9 heteroatoms. The highest BCUT2D eigenvalue weighted by Crippen LogP contribution is 2.33. The Labute approximate surface area is 269 Å². The van der Waals surface area contributed by atoms with E-state index in [0.29, 0.717) is 35.9 Å². The molecule has 0 unspecified atom stereocenters. The van der Waals surface area contributed by atoms with Gasteiger partial charge in [0.05, 0.1) is 23.4 Å². The van der Waals surface area contributed by atoms with Gasteiger partial charge in [-0.25, -0.2) is 9.97 Å². The summed E-state index contributed by atoms with van der Waals surface area (Å²) >= 11 is 0. The van der Waals surface area contributed by atoms with Crippen molar-refractivity contribution in [2.45, 2.75) is 64.0 Å². The van der Waals surface area contributed by atoms with Gasteiger partial charge in [0.15, 0.2) is 0 Å². The zero-order valence-corrected chi connectivity index (χ0v) is 26.5. The van der Waals surface area contributed by atoms with Crippen LogP contribution in [0.4, 0.5) is 0 Å². The number of benzene rings is 2. The van der Waals surface area contributed by atoms with Gasteiger partial charge in [-0.3, -0.25) is 4.79 Å². The number of hydrogen-bond acceptors (Lipinski definition) is 8. The van der Waals surface area contributed by atoms with Gasteiger partial charge in [-0.2, -0.15) is 10.2 Å². The number of nitrogens with zero attached hydrogens (tertiary/aromatic N) is 6. The topological polar surface area (TPSA) is 95.3 Å². The predicted molar refractivity (Wildman–Crippen MR) is 178 cm³/mol. The normalized spacial score (nSPS) is 16.7. The van der Waals surface area contributed by atoms with Crippen LogP contribution in [-0.2, 0) is 11.3 Å². The minimum Gasteiger partial charge on any atom is -0.457 e. The molecule has 9 nitrogen and oxygen atoms in total. The summed E-state index contributed by atoms with van der Waals surface area (Å²) in [6, 6.07) is 21.7. The minimum atomic E-state index is -0.0683. The Morgan fingerprint density at radius 2 is 1.74 bits per heavy atom. The van der Waals surface area contributed by atoms with Crippen LogP contribution in [0.25, 0.3) is 22.2 Å². The third kappa shape index (κ3) is 6.71. The quantitative estimate of drug-likeness (QED) is 0.193. The number of fused-ring (bicyclic) bond motifs is 1. The number of pyridine rings is 1. The molecule has 3 aromatic heterocycles. The van der Waals surface area contributed by atoms with Gasteiger partial charge in [0, 0.05) is 66.2 Å². The summed E-state index contributed by atoms with van der Waals surface area (Å²) in [5.41, 5.74) is 4.39. The zero-order valence-electron chi connectivity index (χ0n) is 26.5. The lowest BCUT2D eigenvalue weighted by atomic mass is 9.93. The standard InChI is InChI=1S/C37H40N6O3/c1-25(2)32-10-11-33(41-40-32)26-6-8-31(9-7-26)46-35-22-34-28(21-29(35)24-43-16-4-3-5-36(43)44)23-38-37(39-34)27-12-17-42(18-13-27)30-14-19-45-20-15-30/h3-11,16,21-23,25,27,30H,12-15,17-20,24H2,1-2H3. The van der Waals surface area contributed by atoms with Gasteiger partial charge in [-0.05, 0) is 93.2 Å². The smallest absolute Gasteiger partial charge is 0.250 e. The second kappa shape index (κ2) is 13.5. The molecular formula is C37H40N6O3. The molecule has 0 amide bonds. The van der Waals surface area contributed by atoms with Crippen molar-refractivity contribution in [2.75, 3.05) is 26.3 Å². The number of piperidine rings is 1. The second-order valence-corrected chi connectivity index (χ2v) is 12.7. The van der Waals surface area contributed by atoms with E-state index in [9.17, 15) is 4.79 Å². The molecule has 2 aliphatic heterocycles. The highest BCUT2D eigenvalue weighted by atomic mass is 16.5. The van der Waals surface area contributed by atoms with Crippen LogP contribution in [0.3, 0.4) is 0 Å². The molecule has 2 fully saturated rings. The molecule has 5 heterocycles. The predicted octanol–water partition coefficient (Wildman–Crippen LogP) is 6.57. The highest BCUT2D eigenvalue weighted by molar-refractivity contribution is 5.81. The van der Waals surface area contributed by atoms with Crippen molar-refractivity contribution in [3.05, 3.63) is 107 Å². The van der Waals surface area contributed by atoms with Gasteiger partial charge in [0.2, 0.25) is 0 Å². The van der Waals surface area contributed by atoms with Gasteiger partial charge in [0.1, 0.15) is 17.3 Å². The molecule has 0 radical (unpaired) electrons. The number of aromatic nitrogens is 5. The van der Waals surface area contributed by atoms with Gasteiger partial charge in [0.25, 0.3) is 5.56 Å². The van der Waals surface area contributed by atoms with E-state index in [1.165, 1.54) is 0 Å². The Morgan fingerprint density at radius 1 is 0.935 bits per heavy atom. The summed E-state index contributed by atoms with van der Waals surface area (Å²) in [6.45, 7) is 8.46. The van der Waals surface area contributed by atoms with E-state index in [2.05, 4.69) is 28.9 Å². The summed E-state index contributed by atoms with van der Waals surface area (Å²) in [4.78, 5) is 25.1. The maximum Gasteiger partial charge on any atom is 0.250 e. The fourth-order valence-electron chi connectivity index (χ4n) is 6.51. The number of rotatable bonds is 8. The van der Waals surface area contributed by atoms with Crippen molar-refractivity contribution >= 4 is 10.9 Å². The highest BCUT2D eigenvalue weighted by Gasteiger charge is 2.28. The van der Waals surface area contributed by atoms with E-state index in [-0.39, 0.29) is 5.56 Å². The molecule has 2 saturated heterocycles. The van der Waals surface area contributed by atoms with E-state index in [0.717, 1.165) is 91.2 Å². The number of ether oxygens (including phenoxy) is 2. The molecule has 2 aliphatic rings. The summed E-state index contributed by atoms with van der Waals surface area (Å²) in [6.07, 6.45) is 8.07. The van der Waals surface area contributed by atoms with Crippen LogP contribution in [0, 0.1) is 0 Å². The summed E-state index contributed by atoms with van der Waals surface area (Å²) < 4.78 is 13.8. The Hall–Kier alpha value is -4.47. The lowest BCUT2D eigenvalue weighted by Gasteiger charge is -2.38. The lowest BCUT2D eigenvalue weighted by Crippen LogP contribution is -2.43. The molecule has 0 bridgehead atoms. The molecular weight excluding hydrogens is 576 g/mol. The number of likely N-dealkylation sites (tertiary alicyclic amines) is 1. The summed E-state index contributed by atoms with van der Waals surface area (Å²) in [7, 11) is 0. The average molecular weight is 617 g/mol. The van der Waals surface area contributed by atoms with Crippen LogP contribution >= 0.6 is 0 Å². The first-order chi connectivity index (χ1) is 22.5. The molecule has 46 heavy (non-hydrogen) atoms. The first-order valence-electron chi connectivity index (χ1n) is 16.4. The van der Waals surface area contributed by atoms with Crippen molar-refractivity contribution in [1.29, 1.82) is 0 Å². The van der Waals surface area contributed by atoms with Crippen LogP contribution in [0.15, 0.2) is 83.9 Å². The van der Waals surface area contributed by atoms with Gasteiger partial charge in [-0.15, -0.1) is 0 Å². The first-order valence-corrected chi connectivity index (χ1v) is 16.4. The second-order valence-electron chi connectivity index (χ2n) is 12.7. The molecule has 0 aliphatic carbocycles. The van der Waals surface area contributed by atoms with Crippen LogP contribution < -0.4 is 10.3 Å². The lowest BCUT2D eigenvalue weighted by molar-refractivity contribution is 0.0248. The summed E-state index contributed by atoms with van der Waals surface area (Å²) in [5, 5.41) is 9.71. The van der Waals surface area contributed by atoms with Crippen molar-refractivity contribution in [3.8, 4) is 22.8 Å². The fraction of sp³-hybridized carbons (Fsp3) is 0.378. The summed E-state index contributed by atoms with van der Waals surface area (Å²) in [5.74, 6) is 2.91. The Kier molecular flexibility index (Phi) is 8.85. The van der Waals surface area contributed by atoms with Crippen molar-refractivity contribution in [2.24, 2.45) is 0 Å². The molecule has 7 rings (SSSR count). The maximum atomic E-state index is 12.6. The van der Waals surface area contributed by atoms with Crippen molar-refractivity contribution in [3.63, 3.8) is 0 Å². The van der Waals surface area contributed by atoms with Crippen molar-refractivity contribution < 1.29 is 9.47 Å². The van der Waals surface area contributed by atoms with E-state index >= 15 is 0 Å². The maximum absolute atomic E-state index is 12.6. The van der Waals surface area contributed by atoms with Crippen LogP contribution in [0.5, 0.6) is 11.5 Å². The van der Waals surface area contributed by atoms with Gasteiger partial charge in [-0.1, -0.05) is 19.9 Å².